The van der Waals surface area contributed by atoms with Crippen LogP contribution in [0.25, 0.3) is 6.08 Å². The molecule has 0 fully saturated rings. The molecule has 1 aliphatic heterocycles. The van der Waals surface area contributed by atoms with Gasteiger partial charge in [-0.3, -0.25) is 0 Å². The molecule has 1 aromatic carbocycles. The van der Waals surface area contributed by atoms with E-state index >= 15 is 0 Å². The monoisotopic (exact) mass is 229 g/mol. The van der Waals surface area contributed by atoms with E-state index < -0.39 is 0 Å². The van der Waals surface area contributed by atoms with E-state index in [2.05, 4.69) is 49.6 Å². The second kappa shape index (κ2) is 4.66. The molecular weight excluding hydrogens is 210 g/mol. The summed E-state index contributed by atoms with van der Waals surface area (Å²) in [5.41, 5.74) is 3.42. The van der Waals surface area contributed by atoms with Gasteiger partial charge in [-0.25, -0.2) is 0 Å². The van der Waals surface area contributed by atoms with Gasteiger partial charge in [0.25, 0.3) is 0 Å². The molecule has 90 valence electrons. The number of hydrogen-bond donors (Lipinski definition) is 0. The van der Waals surface area contributed by atoms with Gasteiger partial charge in [0.05, 0.1) is 0 Å². The fourth-order valence-corrected chi connectivity index (χ4v) is 2.04. The average molecular weight is 229 g/mol. The van der Waals surface area contributed by atoms with Crippen LogP contribution < -0.4 is 9.64 Å². The SMILES string of the molecule is C=C1Oc2cc(N(CC)CC)ccc2C=C1C. The zero-order valence-corrected chi connectivity index (χ0v) is 10.8. The van der Waals surface area contributed by atoms with Gasteiger partial charge in [0, 0.05) is 30.4 Å². The summed E-state index contributed by atoms with van der Waals surface area (Å²) in [4.78, 5) is 2.30. The van der Waals surface area contributed by atoms with Crippen LogP contribution >= 0.6 is 0 Å². The van der Waals surface area contributed by atoms with E-state index in [0.717, 1.165) is 35.7 Å². The van der Waals surface area contributed by atoms with E-state index in [1.807, 2.05) is 6.92 Å². The van der Waals surface area contributed by atoms with E-state index in [-0.39, 0.29) is 0 Å². The average Bonchev–Trinajstić information content (AvgIpc) is 2.32. The Hall–Kier alpha value is -1.70. The van der Waals surface area contributed by atoms with Crippen molar-refractivity contribution in [3.05, 3.63) is 41.7 Å². The minimum absolute atomic E-state index is 0.745. The van der Waals surface area contributed by atoms with Crippen LogP contribution in [-0.4, -0.2) is 13.1 Å². The topological polar surface area (TPSA) is 12.5 Å². The summed E-state index contributed by atoms with van der Waals surface area (Å²) in [5, 5.41) is 0. The Kier molecular flexibility index (Phi) is 3.23. The van der Waals surface area contributed by atoms with Crippen molar-refractivity contribution >= 4 is 11.8 Å². The van der Waals surface area contributed by atoms with Gasteiger partial charge in [0.15, 0.2) is 0 Å². The number of rotatable bonds is 3. The quantitative estimate of drug-likeness (QED) is 0.780. The van der Waals surface area contributed by atoms with E-state index in [9.17, 15) is 0 Å². The third kappa shape index (κ3) is 2.21. The molecule has 0 saturated carbocycles. The molecule has 1 heterocycles. The number of nitrogens with zero attached hydrogens (tertiary/aromatic N) is 1. The molecule has 0 bridgehead atoms. The minimum atomic E-state index is 0.745. The van der Waals surface area contributed by atoms with Gasteiger partial charge in [-0.15, -0.1) is 0 Å². The molecule has 0 aliphatic carbocycles. The first-order valence-electron chi connectivity index (χ1n) is 6.10. The molecule has 0 spiro atoms. The Morgan fingerprint density at radius 2 is 1.94 bits per heavy atom. The van der Waals surface area contributed by atoms with E-state index in [0.29, 0.717) is 0 Å². The van der Waals surface area contributed by atoms with Gasteiger partial charge in [0.1, 0.15) is 11.5 Å². The smallest absolute Gasteiger partial charge is 0.136 e. The fraction of sp³-hybridized carbons (Fsp3) is 0.333. The predicted molar refractivity (Wildman–Crippen MR) is 73.4 cm³/mol. The molecule has 0 amide bonds. The molecule has 2 nitrogen and oxygen atoms in total. The Balaban J connectivity index is 2.39. The highest BCUT2D eigenvalue weighted by Crippen LogP contribution is 2.33. The van der Waals surface area contributed by atoms with Gasteiger partial charge < -0.3 is 9.64 Å². The van der Waals surface area contributed by atoms with Crippen molar-refractivity contribution in [2.75, 3.05) is 18.0 Å². The molecule has 0 radical (unpaired) electrons. The number of hydrogen-bond acceptors (Lipinski definition) is 2. The summed E-state index contributed by atoms with van der Waals surface area (Å²) >= 11 is 0. The normalized spacial score (nSPS) is 13.8. The van der Waals surface area contributed by atoms with Crippen molar-refractivity contribution in [3.63, 3.8) is 0 Å². The number of fused-ring (bicyclic) bond motifs is 1. The van der Waals surface area contributed by atoms with Crippen LogP contribution in [0.4, 0.5) is 5.69 Å². The van der Waals surface area contributed by atoms with Crippen LogP contribution in [-0.2, 0) is 0 Å². The zero-order valence-electron chi connectivity index (χ0n) is 10.8. The van der Waals surface area contributed by atoms with Gasteiger partial charge in [0.2, 0.25) is 0 Å². The second-order valence-corrected chi connectivity index (χ2v) is 4.25. The summed E-state index contributed by atoms with van der Waals surface area (Å²) in [6.45, 7) is 12.3. The maximum absolute atomic E-state index is 5.73. The second-order valence-electron chi connectivity index (χ2n) is 4.25. The summed E-state index contributed by atoms with van der Waals surface area (Å²) in [7, 11) is 0. The molecule has 0 unspecified atom stereocenters. The van der Waals surface area contributed by atoms with Gasteiger partial charge >= 0.3 is 0 Å². The number of anilines is 1. The van der Waals surface area contributed by atoms with Crippen LogP contribution in [0.2, 0.25) is 0 Å². The summed E-state index contributed by atoms with van der Waals surface area (Å²) in [6.07, 6.45) is 2.12. The molecular formula is C15H19NO. The third-order valence-corrected chi connectivity index (χ3v) is 3.17. The molecule has 0 saturated heterocycles. The first-order valence-corrected chi connectivity index (χ1v) is 6.10. The van der Waals surface area contributed by atoms with Gasteiger partial charge in [-0.05, 0) is 44.6 Å². The van der Waals surface area contributed by atoms with Crippen LogP contribution in [0.1, 0.15) is 26.3 Å². The van der Waals surface area contributed by atoms with Gasteiger partial charge in [-0.1, -0.05) is 6.58 Å². The minimum Gasteiger partial charge on any atom is -0.457 e. The van der Waals surface area contributed by atoms with Crippen molar-refractivity contribution in [1.29, 1.82) is 0 Å². The van der Waals surface area contributed by atoms with Crippen molar-refractivity contribution < 1.29 is 4.74 Å². The summed E-state index contributed by atoms with van der Waals surface area (Å²) in [6, 6.07) is 6.35. The van der Waals surface area contributed by atoms with E-state index in [4.69, 9.17) is 4.74 Å². The zero-order chi connectivity index (χ0) is 12.4. The lowest BCUT2D eigenvalue weighted by atomic mass is 10.1. The Bertz CT molecular complexity index is 470. The predicted octanol–water partition coefficient (Wildman–Crippen LogP) is 3.84. The first kappa shape index (κ1) is 11.8. The molecule has 1 aliphatic rings. The maximum atomic E-state index is 5.73. The Morgan fingerprint density at radius 1 is 1.24 bits per heavy atom. The van der Waals surface area contributed by atoms with Crippen molar-refractivity contribution in [2.45, 2.75) is 20.8 Å². The lowest BCUT2D eigenvalue weighted by molar-refractivity contribution is 0.433. The number of allylic oxidation sites excluding steroid dienone is 1. The first-order chi connectivity index (χ1) is 8.15. The molecule has 0 aromatic heterocycles. The lowest BCUT2D eigenvalue weighted by Crippen LogP contribution is -2.21. The fourth-order valence-electron chi connectivity index (χ4n) is 2.04. The highest BCUT2D eigenvalue weighted by Gasteiger charge is 2.14. The number of ether oxygens (including phenoxy) is 1. The molecule has 17 heavy (non-hydrogen) atoms. The summed E-state index contributed by atoms with van der Waals surface area (Å²) < 4.78 is 5.73. The van der Waals surface area contributed by atoms with E-state index in [1.165, 1.54) is 5.69 Å². The molecule has 0 atom stereocenters. The Morgan fingerprint density at radius 3 is 2.59 bits per heavy atom. The number of benzene rings is 1. The molecule has 1 aromatic rings. The summed E-state index contributed by atoms with van der Waals surface area (Å²) in [5.74, 6) is 1.65. The van der Waals surface area contributed by atoms with Crippen LogP contribution in [0.15, 0.2) is 36.1 Å². The Labute approximate surface area is 103 Å². The largest absolute Gasteiger partial charge is 0.457 e. The van der Waals surface area contributed by atoms with Crippen LogP contribution in [0.3, 0.4) is 0 Å². The maximum Gasteiger partial charge on any atom is 0.136 e. The molecule has 2 rings (SSSR count). The van der Waals surface area contributed by atoms with Crippen LogP contribution in [0, 0.1) is 0 Å². The van der Waals surface area contributed by atoms with Crippen molar-refractivity contribution in [3.8, 4) is 5.75 Å². The van der Waals surface area contributed by atoms with Crippen molar-refractivity contribution in [2.24, 2.45) is 0 Å². The highest BCUT2D eigenvalue weighted by molar-refractivity contribution is 5.69. The third-order valence-electron chi connectivity index (χ3n) is 3.17. The lowest BCUT2D eigenvalue weighted by Gasteiger charge is -2.24. The highest BCUT2D eigenvalue weighted by atomic mass is 16.5. The molecule has 0 N–H and O–H groups in total. The van der Waals surface area contributed by atoms with E-state index in [1.54, 1.807) is 0 Å². The van der Waals surface area contributed by atoms with Crippen molar-refractivity contribution in [1.82, 2.24) is 0 Å². The van der Waals surface area contributed by atoms with Crippen LogP contribution in [0.5, 0.6) is 5.75 Å². The van der Waals surface area contributed by atoms with Gasteiger partial charge in [-0.2, -0.15) is 0 Å². The standard InChI is InChI=1S/C15H19NO/c1-5-16(6-2)14-8-7-13-9-11(3)12(4)17-15(13)10-14/h7-10H,4-6H2,1-3H3. The molecule has 2 heteroatoms.